The number of imidazole rings is 1. The summed E-state index contributed by atoms with van der Waals surface area (Å²) < 4.78 is 32.6. The van der Waals surface area contributed by atoms with Crippen LogP contribution in [0.2, 0.25) is 0 Å². The van der Waals surface area contributed by atoms with Crippen molar-refractivity contribution in [2.24, 2.45) is 0 Å². The summed E-state index contributed by atoms with van der Waals surface area (Å²) in [7, 11) is 1.55. The third-order valence-corrected chi connectivity index (χ3v) is 3.44. The van der Waals surface area contributed by atoms with Gasteiger partial charge in [0.15, 0.2) is 11.6 Å². The molecule has 20 heavy (non-hydrogen) atoms. The van der Waals surface area contributed by atoms with Gasteiger partial charge in [-0.2, -0.15) is 0 Å². The lowest BCUT2D eigenvalue weighted by molar-refractivity contribution is 0.416. The second-order valence-corrected chi connectivity index (χ2v) is 5.13. The number of aromatic nitrogens is 2. The van der Waals surface area contributed by atoms with Crippen molar-refractivity contribution >= 4 is 27.0 Å². The summed E-state index contributed by atoms with van der Waals surface area (Å²) in [5.74, 6) is -0.720. The van der Waals surface area contributed by atoms with Gasteiger partial charge in [-0.05, 0) is 18.2 Å². The average molecular weight is 339 g/mol. The highest BCUT2D eigenvalue weighted by molar-refractivity contribution is 9.10. The van der Waals surface area contributed by atoms with Crippen molar-refractivity contribution in [2.45, 2.75) is 0 Å². The van der Waals surface area contributed by atoms with Crippen molar-refractivity contribution in [1.29, 1.82) is 0 Å². The van der Waals surface area contributed by atoms with Crippen molar-refractivity contribution in [3.63, 3.8) is 0 Å². The van der Waals surface area contributed by atoms with Crippen LogP contribution in [0, 0.1) is 11.6 Å². The van der Waals surface area contributed by atoms with Gasteiger partial charge >= 0.3 is 0 Å². The van der Waals surface area contributed by atoms with Crippen molar-refractivity contribution in [3.05, 3.63) is 46.4 Å². The molecule has 1 heterocycles. The first-order chi connectivity index (χ1) is 9.58. The maximum atomic E-state index is 13.2. The third kappa shape index (κ3) is 2.16. The molecule has 0 saturated carbocycles. The second-order valence-electron chi connectivity index (χ2n) is 4.21. The molecule has 1 N–H and O–H groups in total. The molecule has 6 heteroatoms. The molecule has 0 fully saturated rings. The van der Waals surface area contributed by atoms with Crippen LogP contribution < -0.4 is 4.74 Å². The van der Waals surface area contributed by atoms with Crippen LogP contribution in [0.1, 0.15) is 0 Å². The van der Waals surface area contributed by atoms with E-state index in [9.17, 15) is 8.78 Å². The van der Waals surface area contributed by atoms with Crippen LogP contribution in [0.5, 0.6) is 5.75 Å². The van der Waals surface area contributed by atoms with Gasteiger partial charge in [-0.1, -0.05) is 15.9 Å². The minimum atomic E-state index is -0.918. The van der Waals surface area contributed by atoms with E-state index in [1.54, 1.807) is 13.2 Å². The van der Waals surface area contributed by atoms with E-state index in [-0.39, 0.29) is 0 Å². The predicted octanol–water partition coefficient (Wildman–Crippen LogP) is 4.28. The molecule has 3 nitrogen and oxygen atoms in total. The summed E-state index contributed by atoms with van der Waals surface area (Å²) in [6.07, 6.45) is 0. The Kier molecular flexibility index (Phi) is 3.17. The molecule has 0 amide bonds. The maximum absolute atomic E-state index is 13.2. The number of nitrogens with one attached hydrogen (secondary N) is 1. The number of fused-ring (bicyclic) bond motifs is 1. The summed E-state index contributed by atoms with van der Waals surface area (Å²) in [6.45, 7) is 0. The van der Waals surface area contributed by atoms with Gasteiger partial charge in [0.1, 0.15) is 11.6 Å². The average Bonchev–Trinajstić information content (AvgIpc) is 2.81. The van der Waals surface area contributed by atoms with Gasteiger partial charge < -0.3 is 9.72 Å². The lowest BCUT2D eigenvalue weighted by Crippen LogP contribution is -1.89. The summed E-state index contributed by atoms with van der Waals surface area (Å²) in [5, 5.41) is 0. The fraction of sp³-hybridized carbons (Fsp3) is 0.0714. The van der Waals surface area contributed by atoms with Crippen LogP contribution >= 0.6 is 15.9 Å². The van der Waals surface area contributed by atoms with Gasteiger partial charge in [-0.25, -0.2) is 13.8 Å². The largest absolute Gasteiger partial charge is 0.496 e. The zero-order valence-corrected chi connectivity index (χ0v) is 12.0. The first-order valence-corrected chi connectivity index (χ1v) is 6.56. The van der Waals surface area contributed by atoms with Crippen molar-refractivity contribution < 1.29 is 13.5 Å². The summed E-state index contributed by atoms with van der Waals surface area (Å²) in [5.41, 5.74) is 1.51. The highest BCUT2D eigenvalue weighted by Gasteiger charge is 2.13. The SMILES string of the molecule is COc1cc(Br)ccc1-c1nc2cc(F)c(F)cc2[nH]1. The molecule has 2 aromatic carbocycles. The molecule has 0 bridgehead atoms. The molecule has 3 rings (SSSR count). The van der Waals surface area contributed by atoms with Gasteiger partial charge in [0.2, 0.25) is 0 Å². The number of aromatic amines is 1. The van der Waals surface area contributed by atoms with Crippen molar-refractivity contribution in [2.75, 3.05) is 7.11 Å². The minimum absolute atomic E-state index is 0.365. The number of halogens is 3. The van der Waals surface area contributed by atoms with Crippen LogP contribution in [0.3, 0.4) is 0 Å². The van der Waals surface area contributed by atoms with Gasteiger partial charge in [-0.3, -0.25) is 0 Å². The summed E-state index contributed by atoms with van der Waals surface area (Å²) in [6, 6.07) is 7.60. The molecule has 0 spiro atoms. The number of methoxy groups -OCH3 is 1. The quantitative estimate of drug-likeness (QED) is 0.757. The molecule has 0 unspecified atom stereocenters. The standard InChI is InChI=1S/C14H9BrF2N2O/c1-20-13-4-7(15)2-3-8(13)14-18-11-5-9(16)10(17)6-12(11)19-14/h2-6H,1H3,(H,18,19). The van der Waals surface area contributed by atoms with Crippen LogP contribution in [0.4, 0.5) is 8.78 Å². The van der Waals surface area contributed by atoms with Crippen LogP contribution in [-0.2, 0) is 0 Å². The number of H-pyrrole nitrogens is 1. The second kappa shape index (κ2) is 4.86. The highest BCUT2D eigenvalue weighted by atomic mass is 79.9. The van der Waals surface area contributed by atoms with E-state index in [2.05, 4.69) is 25.9 Å². The zero-order valence-electron chi connectivity index (χ0n) is 10.4. The molecule has 0 aliphatic carbocycles. The molecule has 0 atom stereocenters. The van der Waals surface area contributed by atoms with E-state index in [1.165, 1.54) is 0 Å². The normalized spacial score (nSPS) is 11.0. The molecule has 102 valence electrons. The summed E-state index contributed by atoms with van der Waals surface area (Å²) in [4.78, 5) is 7.23. The van der Waals surface area contributed by atoms with Crippen molar-refractivity contribution in [1.82, 2.24) is 9.97 Å². The predicted molar refractivity (Wildman–Crippen MR) is 75.7 cm³/mol. The van der Waals surface area contributed by atoms with Gasteiger partial charge in [-0.15, -0.1) is 0 Å². The number of benzene rings is 2. The van der Waals surface area contributed by atoms with E-state index in [4.69, 9.17) is 4.74 Å². The number of hydrogen-bond donors (Lipinski definition) is 1. The zero-order chi connectivity index (χ0) is 14.3. The number of nitrogens with zero attached hydrogens (tertiary/aromatic N) is 1. The van der Waals surface area contributed by atoms with Crippen LogP contribution in [-0.4, -0.2) is 17.1 Å². The topological polar surface area (TPSA) is 37.9 Å². The van der Waals surface area contributed by atoms with Crippen LogP contribution in [0.25, 0.3) is 22.4 Å². The maximum Gasteiger partial charge on any atom is 0.161 e. The number of hydrogen-bond acceptors (Lipinski definition) is 2. The fourth-order valence-corrected chi connectivity index (χ4v) is 2.33. The Balaban J connectivity index is 2.20. The van der Waals surface area contributed by atoms with E-state index < -0.39 is 11.6 Å². The van der Waals surface area contributed by atoms with Crippen LogP contribution in [0.15, 0.2) is 34.8 Å². The Bertz CT molecular complexity index is 762. The molecular formula is C14H9BrF2N2O. The minimum Gasteiger partial charge on any atom is -0.496 e. The Hall–Kier alpha value is -1.95. The smallest absolute Gasteiger partial charge is 0.161 e. The molecule has 0 radical (unpaired) electrons. The molecule has 3 aromatic rings. The fourth-order valence-electron chi connectivity index (χ4n) is 1.99. The van der Waals surface area contributed by atoms with Crippen molar-refractivity contribution in [3.8, 4) is 17.1 Å². The molecular weight excluding hydrogens is 330 g/mol. The lowest BCUT2D eigenvalue weighted by Gasteiger charge is -2.06. The first-order valence-electron chi connectivity index (χ1n) is 5.77. The molecule has 0 saturated heterocycles. The van der Waals surface area contributed by atoms with Gasteiger partial charge in [0.05, 0.1) is 23.7 Å². The first kappa shape index (κ1) is 13.1. The highest BCUT2D eigenvalue weighted by Crippen LogP contribution is 2.32. The lowest BCUT2D eigenvalue weighted by atomic mass is 10.2. The Morgan fingerprint density at radius 2 is 1.90 bits per heavy atom. The Morgan fingerprint density at radius 1 is 1.15 bits per heavy atom. The Morgan fingerprint density at radius 3 is 2.65 bits per heavy atom. The summed E-state index contributed by atoms with van der Waals surface area (Å²) >= 11 is 3.35. The molecule has 0 aliphatic heterocycles. The molecule has 1 aromatic heterocycles. The molecule has 0 aliphatic rings. The van der Waals surface area contributed by atoms with E-state index in [0.29, 0.717) is 28.2 Å². The van der Waals surface area contributed by atoms with Gasteiger partial charge in [0.25, 0.3) is 0 Å². The van der Waals surface area contributed by atoms with E-state index in [0.717, 1.165) is 16.6 Å². The van der Waals surface area contributed by atoms with Gasteiger partial charge in [0, 0.05) is 16.6 Å². The number of rotatable bonds is 2. The van der Waals surface area contributed by atoms with E-state index >= 15 is 0 Å². The Labute approximate surface area is 121 Å². The third-order valence-electron chi connectivity index (χ3n) is 2.94. The van der Waals surface area contributed by atoms with E-state index in [1.807, 2.05) is 12.1 Å². The number of ether oxygens (including phenoxy) is 1. The monoisotopic (exact) mass is 338 g/mol.